The Morgan fingerprint density at radius 1 is 1.52 bits per heavy atom. The molecule has 2 aromatic heterocycles. The van der Waals surface area contributed by atoms with Crippen molar-refractivity contribution in [3.05, 3.63) is 12.2 Å². The zero-order valence-electron chi connectivity index (χ0n) is 12.2. The molecule has 1 aliphatic rings. The summed E-state index contributed by atoms with van der Waals surface area (Å²) >= 11 is 1.99. The molecular formula is C13H20N6OS. The molecule has 1 aliphatic heterocycles. The average molecular weight is 308 g/mol. The molecule has 2 N–H and O–H groups in total. The third kappa shape index (κ3) is 3.62. The van der Waals surface area contributed by atoms with Crippen molar-refractivity contribution in [1.29, 1.82) is 0 Å². The lowest BCUT2D eigenvalue weighted by atomic mass is 10.0. The summed E-state index contributed by atoms with van der Waals surface area (Å²) < 4.78 is 5.44. The van der Waals surface area contributed by atoms with E-state index in [1.807, 2.05) is 11.8 Å². The minimum Gasteiger partial charge on any atom is -0.337 e. The van der Waals surface area contributed by atoms with Crippen LogP contribution in [0.15, 0.2) is 10.9 Å². The highest BCUT2D eigenvalue weighted by Crippen LogP contribution is 2.25. The molecule has 0 aliphatic carbocycles. The summed E-state index contributed by atoms with van der Waals surface area (Å²) in [5.74, 6) is 4.55. The van der Waals surface area contributed by atoms with Crippen LogP contribution in [0.3, 0.4) is 0 Å². The topological polar surface area (TPSA) is 92.5 Å². The van der Waals surface area contributed by atoms with Gasteiger partial charge in [-0.1, -0.05) is 19.0 Å². The van der Waals surface area contributed by atoms with Gasteiger partial charge in [0.05, 0.1) is 6.04 Å². The summed E-state index contributed by atoms with van der Waals surface area (Å²) in [6.45, 7) is 4.40. The van der Waals surface area contributed by atoms with Gasteiger partial charge in [-0.15, -0.1) is 0 Å². The second-order valence-corrected chi connectivity index (χ2v) is 6.85. The van der Waals surface area contributed by atoms with Gasteiger partial charge in [-0.2, -0.15) is 21.8 Å². The Hall–Kier alpha value is -1.41. The summed E-state index contributed by atoms with van der Waals surface area (Å²) in [5.41, 5.74) is 0. The van der Waals surface area contributed by atoms with Gasteiger partial charge in [-0.05, 0) is 24.5 Å². The lowest BCUT2D eigenvalue weighted by Gasteiger charge is -2.20. The molecule has 0 radical (unpaired) electrons. The van der Waals surface area contributed by atoms with Crippen molar-refractivity contribution in [2.24, 2.45) is 5.92 Å². The number of thioether (sulfide) groups is 1. The van der Waals surface area contributed by atoms with Crippen LogP contribution in [0.1, 0.15) is 38.6 Å². The van der Waals surface area contributed by atoms with E-state index >= 15 is 0 Å². The maximum atomic E-state index is 5.44. The van der Waals surface area contributed by atoms with Crippen molar-refractivity contribution in [3.63, 3.8) is 0 Å². The fourth-order valence-corrected chi connectivity index (χ4v) is 3.61. The SMILES string of the molecule is CC(C)C[C@H](N[C@H]1CCSC1)c1nc(-c2ncn[nH]2)no1. The number of nitrogens with zero attached hydrogens (tertiary/aromatic N) is 4. The lowest BCUT2D eigenvalue weighted by Crippen LogP contribution is -2.33. The van der Waals surface area contributed by atoms with Crippen LogP contribution in [-0.4, -0.2) is 42.9 Å². The molecule has 8 heteroatoms. The Balaban J connectivity index is 1.75. The molecule has 1 fully saturated rings. The second-order valence-electron chi connectivity index (χ2n) is 5.70. The molecular weight excluding hydrogens is 288 g/mol. The highest BCUT2D eigenvalue weighted by atomic mass is 32.2. The van der Waals surface area contributed by atoms with Crippen LogP contribution in [0.25, 0.3) is 11.6 Å². The number of H-pyrrole nitrogens is 1. The van der Waals surface area contributed by atoms with Crippen LogP contribution in [0, 0.1) is 5.92 Å². The van der Waals surface area contributed by atoms with Gasteiger partial charge in [0.25, 0.3) is 0 Å². The van der Waals surface area contributed by atoms with E-state index in [1.54, 1.807) is 0 Å². The van der Waals surface area contributed by atoms with E-state index in [-0.39, 0.29) is 6.04 Å². The largest absolute Gasteiger partial charge is 0.337 e. The van der Waals surface area contributed by atoms with Crippen molar-refractivity contribution in [2.75, 3.05) is 11.5 Å². The number of rotatable bonds is 6. The standard InChI is InChI=1S/C13H20N6OS/c1-8(2)5-10(16-9-3-4-21-6-9)13-17-12(19-20-13)11-14-7-15-18-11/h7-10,16H,3-6H2,1-2H3,(H,14,15,18)/t9-,10-/m0/s1. The Labute approximate surface area is 127 Å². The van der Waals surface area contributed by atoms with E-state index in [0.717, 1.165) is 12.2 Å². The van der Waals surface area contributed by atoms with E-state index in [1.165, 1.54) is 18.5 Å². The number of hydrogen-bond acceptors (Lipinski definition) is 7. The second kappa shape index (κ2) is 6.57. The van der Waals surface area contributed by atoms with Crippen molar-refractivity contribution >= 4 is 11.8 Å². The van der Waals surface area contributed by atoms with Gasteiger partial charge in [-0.25, -0.2) is 4.98 Å². The van der Waals surface area contributed by atoms with Gasteiger partial charge < -0.3 is 9.84 Å². The van der Waals surface area contributed by atoms with Crippen molar-refractivity contribution in [3.8, 4) is 11.6 Å². The third-order valence-corrected chi connectivity index (χ3v) is 4.60. The quantitative estimate of drug-likeness (QED) is 0.843. The third-order valence-electron chi connectivity index (χ3n) is 3.44. The molecule has 3 rings (SSSR count). The van der Waals surface area contributed by atoms with E-state index in [4.69, 9.17) is 4.52 Å². The smallest absolute Gasteiger partial charge is 0.244 e. The van der Waals surface area contributed by atoms with E-state index in [0.29, 0.717) is 29.5 Å². The summed E-state index contributed by atoms with van der Waals surface area (Å²) in [6.07, 6.45) is 3.60. The van der Waals surface area contributed by atoms with Crippen LogP contribution in [0.2, 0.25) is 0 Å². The minimum atomic E-state index is 0.0953. The molecule has 1 saturated heterocycles. The van der Waals surface area contributed by atoms with Crippen LogP contribution in [0.4, 0.5) is 0 Å². The Morgan fingerprint density at radius 3 is 3.10 bits per heavy atom. The lowest BCUT2D eigenvalue weighted by molar-refractivity contribution is 0.290. The fraction of sp³-hybridized carbons (Fsp3) is 0.692. The molecule has 3 heterocycles. The molecule has 0 amide bonds. The normalized spacial score (nSPS) is 20.2. The van der Waals surface area contributed by atoms with Gasteiger partial charge in [-0.3, -0.25) is 5.10 Å². The first-order valence-corrected chi connectivity index (χ1v) is 8.41. The number of aromatic nitrogens is 5. The van der Waals surface area contributed by atoms with Gasteiger partial charge in [0.2, 0.25) is 11.7 Å². The Kier molecular flexibility index (Phi) is 4.54. The molecule has 0 spiro atoms. The monoisotopic (exact) mass is 308 g/mol. The average Bonchev–Trinajstić information content (AvgIpc) is 3.19. The molecule has 21 heavy (non-hydrogen) atoms. The minimum absolute atomic E-state index is 0.0953. The molecule has 0 saturated carbocycles. The highest BCUT2D eigenvalue weighted by molar-refractivity contribution is 7.99. The first kappa shape index (κ1) is 14.5. The summed E-state index contributed by atoms with van der Waals surface area (Å²) in [7, 11) is 0. The van der Waals surface area contributed by atoms with E-state index in [2.05, 4.69) is 44.5 Å². The van der Waals surface area contributed by atoms with E-state index < -0.39 is 0 Å². The van der Waals surface area contributed by atoms with Gasteiger partial charge >= 0.3 is 0 Å². The zero-order valence-corrected chi connectivity index (χ0v) is 13.1. The van der Waals surface area contributed by atoms with Gasteiger partial charge in [0, 0.05) is 11.8 Å². The first-order chi connectivity index (χ1) is 10.2. The number of nitrogens with one attached hydrogen (secondary N) is 2. The molecule has 0 bridgehead atoms. The van der Waals surface area contributed by atoms with Crippen LogP contribution >= 0.6 is 11.8 Å². The van der Waals surface area contributed by atoms with Gasteiger partial charge in [0.1, 0.15) is 6.33 Å². The maximum absolute atomic E-state index is 5.44. The van der Waals surface area contributed by atoms with Crippen LogP contribution in [-0.2, 0) is 0 Å². The predicted octanol–water partition coefficient (Wildman–Crippen LogP) is 2.04. The van der Waals surface area contributed by atoms with Crippen molar-refractivity contribution in [2.45, 2.75) is 38.8 Å². The highest BCUT2D eigenvalue weighted by Gasteiger charge is 2.26. The first-order valence-electron chi connectivity index (χ1n) is 7.25. The summed E-state index contributed by atoms with van der Waals surface area (Å²) in [4.78, 5) is 8.52. The molecule has 2 atom stereocenters. The van der Waals surface area contributed by atoms with Gasteiger partial charge in [0.15, 0.2) is 5.82 Å². The molecule has 0 aromatic carbocycles. The van der Waals surface area contributed by atoms with Crippen molar-refractivity contribution in [1.82, 2.24) is 30.6 Å². The zero-order chi connectivity index (χ0) is 14.7. The Morgan fingerprint density at radius 2 is 2.43 bits per heavy atom. The molecule has 114 valence electrons. The molecule has 2 aromatic rings. The Bertz CT molecular complexity index is 549. The van der Waals surface area contributed by atoms with Crippen LogP contribution < -0.4 is 5.32 Å². The maximum Gasteiger partial charge on any atom is 0.244 e. The fourth-order valence-electron chi connectivity index (χ4n) is 2.45. The van der Waals surface area contributed by atoms with Crippen molar-refractivity contribution < 1.29 is 4.52 Å². The van der Waals surface area contributed by atoms with E-state index in [9.17, 15) is 0 Å². The predicted molar refractivity (Wildman–Crippen MR) is 80.7 cm³/mol. The number of aromatic amines is 1. The molecule has 0 unspecified atom stereocenters. The summed E-state index contributed by atoms with van der Waals surface area (Å²) in [6, 6.07) is 0.622. The molecule has 7 nitrogen and oxygen atoms in total. The summed E-state index contributed by atoms with van der Waals surface area (Å²) in [5, 5.41) is 14.2. The van der Waals surface area contributed by atoms with Crippen LogP contribution in [0.5, 0.6) is 0 Å². The number of hydrogen-bond donors (Lipinski definition) is 2.